The Labute approximate surface area is 104 Å². The summed E-state index contributed by atoms with van der Waals surface area (Å²) < 4.78 is 6.54. The zero-order chi connectivity index (χ0) is 13.3. The fourth-order valence-electron chi connectivity index (χ4n) is 1.81. The Morgan fingerprint density at radius 1 is 1.44 bits per heavy atom. The number of hydrogen-bond acceptors (Lipinski definition) is 5. The standard InChI is InChI=1S/C11H13N5O2/c1-6-8(13-5-14-11(6)18-3)7-4-15-16(2)9(7)10(12)17/h4-5H,1-3H3,(H2,12,17). The summed E-state index contributed by atoms with van der Waals surface area (Å²) >= 11 is 0. The van der Waals surface area contributed by atoms with Crippen LogP contribution < -0.4 is 10.5 Å². The molecule has 2 rings (SSSR count). The number of amides is 1. The fourth-order valence-corrected chi connectivity index (χ4v) is 1.81. The molecule has 0 spiro atoms. The van der Waals surface area contributed by atoms with Gasteiger partial charge in [0.2, 0.25) is 5.88 Å². The molecule has 0 radical (unpaired) electrons. The summed E-state index contributed by atoms with van der Waals surface area (Å²) in [5.74, 6) is -0.0961. The number of carbonyl (C=O) groups excluding carboxylic acids is 1. The van der Waals surface area contributed by atoms with Gasteiger partial charge in [0.1, 0.15) is 12.0 Å². The molecule has 0 saturated heterocycles. The molecule has 2 heterocycles. The van der Waals surface area contributed by atoms with Crippen LogP contribution in [0, 0.1) is 6.92 Å². The third-order valence-electron chi connectivity index (χ3n) is 2.66. The molecule has 18 heavy (non-hydrogen) atoms. The molecule has 1 amide bonds. The van der Waals surface area contributed by atoms with Crippen molar-refractivity contribution in [3.8, 4) is 17.1 Å². The summed E-state index contributed by atoms with van der Waals surface area (Å²) in [5, 5.41) is 4.03. The van der Waals surface area contributed by atoms with Crippen LogP contribution >= 0.6 is 0 Å². The van der Waals surface area contributed by atoms with E-state index < -0.39 is 5.91 Å². The molecule has 0 saturated carbocycles. The van der Waals surface area contributed by atoms with Crippen LogP contribution in [0.2, 0.25) is 0 Å². The third kappa shape index (κ3) is 1.79. The molecule has 7 nitrogen and oxygen atoms in total. The maximum absolute atomic E-state index is 11.4. The van der Waals surface area contributed by atoms with Crippen molar-refractivity contribution in [1.29, 1.82) is 0 Å². The average molecular weight is 247 g/mol. The molecule has 0 aliphatic rings. The largest absolute Gasteiger partial charge is 0.481 e. The van der Waals surface area contributed by atoms with Gasteiger partial charge in [0.25, 0.3) is 5.91 Å². The maximum atomic E-state index is 11.4. The van der Waals surface area contributed by atoms with Crippen LogP contribution in [-0.2, 0) is 7.05 Å². The van der Waals surface area contributed by atoms with Crippen molar-refractivity contribution < 1.29 is 9.53 Å². The van der Waals surface area contributed by atoms with E-state index in [-0.39, 0.29) is 0 Å². The van der Waals surface area contributed by atoms with E-state index in [4.69, 9.17) is 10.5 Å². The number of nitrogens with zero attached hydrogens (tertiary/aromatic N) is 4. The first-order valence-electron chi connectivity index (χ1n) is 5.24. The minimum atomic E-state index is -0.554. The molecule has 94 valence electrons. The van der Waals surface area contributed by atoms with E-state index in [1.807, 2.05) is 6.92 Å². The van der Waals surface area contributed by atoms with E-state index in [0.29, 0.717) is 22.8 Å². The van der Waals surface area contributed by atoms with Crippen molar-refractivity contribution in [3.05, 3.63) is 23.8 Å². The van der Waals surface area contributed by atoms with Gasteiger partial charge in [-0.1, -0.05) is 0 Å². The molecule has 0 atom stereocenters. The van der Waals surface area contributed by atoms with E-state index in [0.717, 1.165) is 5.56 Å². The van der Waals surface area contributed by atoms with E-state index in [2.05, 4.69) is 15.1 Å². The number of carbonyl (C=O) groups is 1. The zero-order valence-electron chi connectivity index (χ0n) is 10.3. The first-order chi connectivity index (χ1) is 8.56. The molecule has 0 fully saturated rings. The predicted molar refractivity (Wildman–Crippen MR) is 64.0 cm³/mol. The normalized spacial score (nSPS) is 10.4. The SMILES string of the molecule is COc1ncnc(-c2cnn(C)c2C(N)=O)c1C. The van der Waals surface area contributed by atoms with Crippen LogP contribution in [0.25, 0.3) is 11.3 Å². The number of primary amides is 1. The van der Waals surface area contributed by atoms with Crippen molar-refractivity contribution in [1.82, 2.24) is 19.7 Å². The van der Waals surface area contributed by atoms with Crippen molar-refractivity contribution in [2.45, 2.75) is 6.92 Å². The third-order valence-corrected chi connectivity index (χ3v) is 2.66. The Hall–Kier alpha value is -2.44. The lowest BCUT2D eigenvalue weighted by Crippen LogP contribution is -2.17. The van der Waals surface area contributed by atoms with Crippen molar-refractivity contribution in [2.24, 2.45) is 12.8 Å². The average Bonchev–Trinajstić information content (AvgIpc) is 2.71. The Balaban J connectivity index is 2.66. The number of ether oxygens (including phenoxy) is 1. The molecule has 0 bridgehead atoms. The summed E-state index contributed by atoms with van der Waals surface area (Å²) in [4.78, 5) is 19.6. The van der Waals surface area contributed by atoms with Crippen molar-refractivity contribution in [2.75, 3.05) is 7.11 Å². The first kappa shape index (κ1) is 12.0. The van der Waals surface area contributed by atoms with Crippen LogP contribution in [0.3, 0.4) is 0 Å². The lowest BCUT2D eigenvalue weighted by Gasteiger charge is -2.07. The van der Waals surface area contributed by atoms with Crippen LogP contribution in [0.15, 0.2) is 12.5 Å². The highest BCUT2D eigenvalue weighted by molar-refractivity contribution is 5.98. The quantitative estimate of drug-likeness (QED) is 0.841. The Morgan fingerprint density at radius 3 is 2.78 bits per heavy atom. The van der Waals surface area contributed by atoms with E-state index in [1.54, 1.807) is 13.2 Å². The maximum Gasteiger partial charge on any atom is 0.267 e. The zero-order valence-corrected chi connectivity index (χ0v) is 10.3. The number of rotatable bonds is 3. The molecule has 0 aromatic carbocycles. The monoisotopic (exact) mass is 247 g/mol. The van der Waals surface area contributed by atoms with Gasteiger partial charge >= 0.3 is 0 Å². The number of nitrogens with two attached hydrogens (primary N) is 1. The molecule has 2 aromatic heterocycles. The summed E-state index contributed by atoms with van der Waals surface area (Å²) in [6, 6.07) is 0. The molecule has 0 aliphatic carbocycles. The topological polar surface area (TPSA) is 95.9 Å². The number of methoxy groups -OCH3 is 1. The van der Waals surface area contributed by atoms with E-state index in [1.165, 1.54) is 18.1 Å². The Morgan fingerprint density at radius 2 is 2.17 bits per heavy atom. The van der Waals surface area contributed by atoms with Crippen molar-refractivity contribution >= 4 is 5.91 Å². The molecule has 7 heteroatoms. The first-order valence-corrected chi connectivity index (χ1v) is 5.24. The van der Waals surface area contributed by atoms with Gasteiger partial charge in [0.05, 0.1) is 24.6 Å². The van der Waals surface area contributed by atoms with Crippen molar-refractivity contribution in [3.63, 3.8) is 0 Å². The highest BCUT2D eigenvalue weighted by Gasteiger charge is 2.19. The summed E-state index contributed by atoms with van der Waals surface area (Å²) in [6.07, 6.45) is 2.92. The molecule has 0 aliphatic heterocycles. The molecular formula is C11H13N5O2. The van der Waals surface area contributed by atoms with Gasteiger partial charge in [-0.15, -0.1) is 0 Å². The van der Waals surface area contributed by atoms with Gasteiger partial charge in [-0.05, 0) is 6.92 Å². The summed E-state index contributed by atoms with van der Waals surface area (Å²) in [7, 11) is 3.18. The van der Waals surface area contributed by atoms with Crippen LogP contribution in [-0.4, -0.2) is 32.8 Å². The van der Waals surface area contributed by atoms with Crippen LogP contribution in [0.1, 0.15) is 16.1 Å². The predicted octanol–water partition coefficient (Wildman–Crippen LogP) is 0.293. The smallest absolute Gasteiger partial charge is 0.267 e. The minimum Gasteiger partial charge on any atom is -0.481 e. The number of hydrogen-bond donors (Lipinski definition) is 1. The number of aromatic nitrogens is 4. The van der Waals surface area contributed by atoms with Gasteiger partial charge in [0.15, 0.2) is 0 Å². The fraction of sp³-hybridized carbons (Fsp3) is 0.273. The molecular weight excluding hydrogens is 234 g/mol. The van der Waals surface area contributed by atoms with Gasteiger partial charge < -0.3 is 10.5 Å². The van der Waals surface area contributed by atoms with E-state index >= 15 is 0 Å². The summed E-state index contributed by atoms with van der Waals surface area (Å²) in [5.41, 5.74) is 7.54. The van der Waals surface area contributed by atoms with Gasteiger partial charge in [0, 0.05) is 12.6 Å². The van der Waals surface area contributed by atoms with Gasteiger partial charge in [-0.25, -0.2) is 9.97 Å². The molecule has 2 N–H and O–H groups in total. The lowest BCUT2D eigenvalue weighted by molar-refractivity contribution is 0.0992. The minimum absolute atomic E-state index is 0.304. The molecule has 2 aromatic rings. The molecule has 0 unspecified atom stereocenters. The highest BCUT2D eigenvalue weighted by Crippen LogP contribution is 2.27. The van der Waals surface area contributed by atoms with Crippen LogP contribution in [0.4, 0.5) is 0 Å². The van der Waals surface area contributed by atoms with E-state index in [9.17, 15) is 4.79 Å². The number of aryl methyl sites for hydroxylation is 1. The Kier molecular flexibility index (Phi) is 2.97. The van der Waals surface area contributed by atoms with Gasteiger partial charge in [-0.2, -0.15) is 5.10 Å². The second kappa shape index (κ2) is 4.44. The lowest BCUT2D eigenvalue weighted by atomic mass is 10.1. The van der Waals surface area contributed by atoms with Crippen LogP contribution in [0.5, 0.6) is 5.88 Å². The second-order valence-corrected chi connectivity index (χ2v) is 3.75. The summed E-state index contributed by atoms with van der Waals surface area (Å²) in [6.45, 7) is 1.81. The van der Waals surface area contributed by atoms with Gasteiger partial charge in [-0.3, -0.25) is 9.48 Å². The second-order valence-electron chi connectivity index (χ2n) is 3.75. The Bertz CT molecular complexity index is 605. The highest BCUT2D eigenvalue weighted by atomic mass is 16.5.